The van der Waals surface area contributed by atoms with Crippen molar-refractivity contribution in [2.75, 3.05) is 10.5 Å². The van der Waals surface area contributed by atoms with Gasteiger partial charge in [0.1, 0.15) is 0 Å². The molecule has 0 saturated carbocycles. The zero-order chi connectivity index (χ0) is 14.2. The summed E-state index contributed by atoms with van der Waals surface area (Å²) in [6.45, 7) is 3.21. The number of rotatable bonds is 3. The molecule has 0 aliphatic heterocycles. The highest BCUT2D eigenvalue weighted by molar-refractivity contribution is 7.92. The molecule has 19 heavy (non-hydrogen) atoms. The molecule has 1 aromatic carbocycles. The van der Waals surface area contributed by atoms with Crippen LogP contribution in [0.1, 0.15) is 11.5 Å². The third-order valence-electron chi connectivity index (χ3n) is 2.31. The van der Waals surface area contributed by atoms with Gasteiger partial charge in [0.2, 0.25) is 5.89 Å². The average Bonchev–Trinajstić information content (AvgIpc) is 2.70. The number of sulfonamides is 1. The van der Waals surface area contributed by atoms with E-state index in [0.29, 0.717) is 10.6 Å². The van der Waals surface area contributed by atoms with Crippen molar-refractivity contribution in [2.45, 2.75) is 18.7 Å². The van der Waals surface area contributed by atoms with Crippen LogP contribution < -0.4 is 10.5 Å². The molecule has 0 atom stereocenters. The molecule has 0 bridgehead atoms. The Morgan fingerprint density at radius 1 is 1.32 bits per heavy atom. The fourth-order valence-electron chi connectivity index (χ4n) is 1.43. The van der Waals surface area contributed by atoms with E-state index in [1.165, 1.54) is 12.1 Å². The van der Waals surface area contributed by atoms with Gasteiger partial charge in [-0.2, -0.15) is 0 Å². The van der Waals surface area contributed by atoms with Crippen molar-refractivity contribution < 1.29 is 12.8 Å². The molecule has 0 spiro atoms. The van der Waals surface area contributed by atoms with Gasteiger partial charge < -0.3 is 10.2 Å². The van der Waals surface area contributed by atoms with Gasteiger partial charge in [0.25, 0.3) is 10.0 Å². The number of benzene rings is 1. The summed E-state index contributed by atoms with van der Waals surface area (Å²) in [5.74, 6) is 0.254. The van der Waals surface area contributed by atoms with Crippen LogP contribution in [0, 0.1) is 13.8 Å². The molecule has 0 fully saturated rings. The minimum Gasteiger partial charge on any atom is -0.408 e. The van der Waals surface area contributed by atoms with E-state index in [2.05, 4.69) is 14.9 Å². The number of nitrogen functional groups attached to an aromatic ring is 1. The smallest absolute Gasteiger partial charge is 0.329 e. The second-order valence-electron chi connectivity index (χ2n) is 3.88. The van der Waals surface area contributed by atoms with E-state index >= 15 is 0 Å². The highest BCUT2D eigenvalue weighted by Crippen LogP contribution is 2.27. The normalized spacial score (nSPS) is 11.5. The number of nitrogens with one attached hydrogen (secondary N) is 1. The van der Waals surface area contributed by atoms with Gasteiger partial charge in [0.05, 0.1) is 15.6 Å². The Labute approximate surface area is 114 Å². The number of halogens is 1. The molecule has 0 saturated heterocycles. The predicted molar refractivity (Wildman–Crippen MR) is 70.4 cm³/mol. The lowest BCUT2D eigenvalue weighted by molar-refractivity contribution is 0.534. The van der Waals surface area contributed by atoms with Gasteiger partial charge in [-0.1, -0.05) is 16.7 Å². The molecule has 102 valence electrons. The summed E-state index contributed by atoms with van der Waals surface area (Å²) in [7, 11) is -3.85. The molecule has 3 N–H and O–H groups in total. The SMILES string of the molecule is Cc1nnc(NS(=O)(=O)c2cc(C)c(Cl)c(N)c2)o1. The van der Waals surface area contributed by atoms with E-state index in [0.717, 1.165) is 0 Å². The quantitative estimate of drug-likeness (QED) is 0.835. The minimum absolute atomic E-state index is 0.0252. The number of nitrogens with zero attached hydrogens (tertiary/aromatic N) is 2. The highest BCUT2D eigenvalue weighted by atomic mass is 35.5. The summed E-state index contributed by atoms with van der Waals surface area (Å²) in [4.78, 5) is -0.0252. The van der Waals surface area contributed by atoms with E-state index in [-0.39, 0.29) is 22.5 Å². The molecule has 9 heteroatoms. The van der Waals surface area contributed by atoms with Gasteiger partial charge in [-0.15, -0.1) is 5.10 Å². The maximum absolute atomic E-state index is 12.1. The Balaban J connectivity index is 2.40. The van der Waals surface area contributed by atoms with Crippen LogP contribution in [-0.2, 0) is 10.0 Å². The first-order chi connectivity index (χ1) is 8.79. The van der Waals surface area contributed by atoms with Crippen LogP contribution in [0.15, 0.2) is 21.4 Å². The van der Waals surface area contributed by atoms with Gasteiger partial charge in [-0.3, -0.25) is 0 Å². The second-order valence-corrected chi connectivity index (χ2v) is 5.94. The average molecular weight is 303 g/mol. The van der Waals surface area contributed by atoms with Crippen molar-refractivity contribution >= 4 is 33.3 Å². The summed E-state index contributed by atoms with van der Waals surface area (Å²) in [6.07, 6.45) is 0. The summed E-state index contributed by atoms with van der Waals surface area (Å²) >= 11 is 5.88. The maximum atomic E-state index is 12.1. The van der Waals surface area contributed by atoms with Crippen molar-refractivity contribution in [3.05, 3.63) is 28.6 Å². The number of aromatic nitrogens is 2. The Morgan fingerprint density at radius 2 is 2.00 bits per heavy atom. The third-order valence-corrected chi connectivity index (χ3v) is 4.13. The zero-order valence-electron chi connectivity index (χ0n) is 10.1. The molecule has 7 nitrogen and oxygen atoms in total. The van der Waals surface area contributed by atoms with Crippen LogP contribution in [0.2, 0.25) is 5.02 Å². The number of aryl methyl sites for hydroxylation is 2. The van der Waals surface area contributed by atoms with E-state index in [1.54, 1.807) is 13.8 Å². The predicted octanol–water partition coefficient (Wildman–Crippen LogP) is 1.72. The largest absolute Gasteiger partial charge is 0.408 e. The molecule has 1 aromatic heterocycles. The number of hydrogen-bond donors (Lipinski definition) is 2. The van der Waals surface area contributed by atoms with E-state index < -0.39 is 10.0 Å². The molecule has 0 aliphatic carbocycles. The van der Waals surface area contributed by atoms with Gasteiger partial charge in [0.15, 0.2) is 0 Å². The molecule has 0 unspecified atom stereocenters. The fourth-order valence-corrected chi connectivity index (χ4v) is 2.58. The summed E-state index contributed by atoms with van der Waals surface area (Å²) < 4.78 is 31.3. The summed E-state index contributed by atoms with van der Waals surface area (Å²) in [5.41, 5.74) is 6.38. The standard InChI is InChI=1S/C10H11ClN4O3S/c1-5-3-7(4-8(12)9(5)11)19(16,17)15-10-14-13-6(2)18-10/h3-4H,12H2,1-2H3,(H,14,15). The molecule has 2 aromatic rings. The van der Waals surface area contributed by atoms with Gasteiger partial charge in [-0.25, -0.2) is 13.1 Å². The van der Waals surface area contributed by atoms with Crippen LogP contribution >= 0.6 is 11.6 Å². The lowest BCUT2D eigenvalue weighted by atomic mass is 10.2. The molecular formula is C10H11ClN4O3S. The monoisotopic (exact) mass is 302 g/mol. The summed E-state index contributed by atoms with van der Waals surface area (Å²) in [6, 6.07) is 2.47. The topological polar surface area (TPSA) is 111 Å². The molecule has 0 aliphatic rings. The van der Waals surface area contributed by atoms with E-state index in [1.807, 2.05) is 0 Å². The van der Waals surface area contributed by atoms with E-state index in [4.69, 9.17) is 21.8 Å². The van der Waals surface area contributed by atoms with Crippen molar-refractivity contribution in [3.63, 3.8) is 0 Å². The first-order valence-electron chi connectivity index (χ1n) is 5.18. The Morgan fingerprint density at radius 3 is 2.53 bits per heavy atom. The van der Waals surface area contributed by atoms with Gasteiger partial charge in [0, 0.05) is 6.92 Å². The van der Waals surface area contributed by atoms with Crippen LogP contribution in [0.25, 0.3) is 0 Å². The van der Waals surface area contributed by atoms with Gasteiger partial charge >= 0.3 is 6.01 Å². The number of hydrogen-bond acceptors (Lipinski definition) is 6. The van der Waals surface area contributed by atoms with Crippen LogP contribution in [0.5, 0.6) is 0 Å². The van der Waals surface area contributed by atoms with Crippen LogP contribution in [0.3, 0.4) is 0 Å². The Kier molecular flexibility index (Phi) is 3.38. The minimum atomic E-state index is -3.85. The second kappa shape index (κ2) is 4.71. The summed E-state index contributed by atoms with van der Waals surface area (Å²) in [5, 5.41) is 7.41. The van der Waals surface area contributed by atoms with Crippen molar-refractivity contribution in [1.82, 2.24) is 10.2 Å². The van der Waals surface area contributed by atoms with Gasteiger partial charge in [-0.05, 0) is 24.6 Å². The third kappa shape index (κ3) is 2.79. The first-order valence-corrected chi connectivity index (χ1v) is 7.04. The Hall–Kier alpha value is -1.80. The van der Waals surface area contributed by atoms with Crippen LogP contribution in [0.4, 0.5) is 11.7 Å². The van der Waals surface area contributed by atoms with Crippen molar-refractivity contribution in [3.8, 4) is 0 Å². The maximum Gasteiger partial charge on any atom is 0.329 e. The van der Waals surface area contributed by atoms with Crippen molar-refractivity contribution in [1.29, 1.82) is 0 Å². The molecule has 0 radical (unpaired) electrons. The molecule has 2 rings (SSSR count). The number of nitrogens with two attached hydrogens (primary N) is 1. The molecule has 0 amide bonds. The zero-order valence-corrected chi connectivity index (χ0v) is 11.7. The fraction of sp³-hybridized carbons (Fsp3) is 0.200. The first kappa shape index (κ1) is 13.6. The molecular weight excluding hydrogens is 292 g/mol. The van der Waals surface area contributed by atoms with Crippen molar-refractivity contribution in [2.24, 2.45) is 0 Å². The Bertz CT molecular complexity index is 703. The lowest BCUT2D eigenvalue weighted by Gasteiger charge is -2.08. The van der Waals surface area contributed by atoms with E-state index in [9.17, 15) is 8.42 Å². The highest BCUT2D eigenvalue weighted by Gasteiger charge is 2.19. The molecule has 1 heterocycles. The lowest BCUT2D eigenvalue weighted by Crippen LogP contribution is -2.14. The number of anilines is 2. The van der Waals surface area contributed by atoms with Crippen LogP contribution in [-0.4, -0.2) is 18.6 Å².